The minimum atomic E-state index is -0.282. The first-order valence-corrected chi connectivity index (χ1v) is 5.70. The number of morpholine rings is 1. The maximum absolute atomic E-state index is 13.4. The molecule has 0 aliphatic carbocycles. The molecule has 5 heteroatoms. The van der Waals surface area contributed by atoms with Gasteiger partial charge in [0.25, 0.3) is 0 Å². The number of anilines is 1. The van der Waals surface area contributed by atoms with Crippen molar-refractivity contribution in [2.24, 2.45) is 5.73 Å². The molecule has 1 aromatic carbocycles. The molecule has 0 saturated carbocycles. The Labute approximate surface area is 99.8 Å². The molecule has 0 radical (unpaired) electrons. The minimum absolute atomic E-state index is 0.0183. The van der Waals surface area contributed by atoms with Crippen LogP contribution in [0, 0.1) is 5.82 Å². The fourth-order valence-electron chi connectivity index (χ4n) is 2.00. The highest BCUT2D eigenvalue weighted by Gasteiger charge is 2.20. The van der Waals surface area contributed by atoms with E-state index in [1.54, 1.807) is 0 Å². The van der Waals surface area contributed by atoms with Gasteiger partial charge in [-0.3, -0.25) is 0 Å². The molecular formula is C12H17FN2O2. The molecule has 0 aromatic heterocycles. The summed E-state index contributed by atoms with van der Waals surface area (Å²) in [5.41, 5.74) is 7.09. The van der Waals surface area contributed by atoms with Crippen LogP contribution in [0.15, 0.2) is 18.2 Å². The first kappa shape index (κ1) is 12.3. The van der Waals surface area contributed by atoms with Crippen molar-refractivity contribution in [3.8, 4) is 0 Å². The second kappa shape index (κ2) is 5.44. The maximum Gasteiger partial charge on any atom is 0.125 e. The summed E-state index contributed by atoms with van der Waals surface area (Å²) in [4.78, 5) is 2.01. The topological polar surface area (TPSA) is 58.7 Å². The summed E-state index contributed by atoms with van der Waals surface area (Å²) in [6.07, 6.45) is -0.201. The van der Waals surface area contributed by atoms with Crippen molar-refractivity contribution in [3.05, 3.63) is 29.6 Å². The zero-order chi connectivity index (χ0) is 12.3. The number of nitrogens with two attached hydrogens (primary N) is 1. The Bertz CT molecular complexity index is 387. The van der Waals surface area contributed by atoms with Crippen molar-refractivity contribution in [3.63, 3.8) is 0 Å². The predicted octanol–water partition coefficient (Wildman–Crippen LogP) is 0.482. The number of aliphatic hydroxyl groups excluding tert-OH is 1. The van der Waals surface area contributed by atoms with Crippen molar-refractivity contribution in [1.29, 1.82) is 0 Å². The third-order valence-electron chi connectivity index (χ3n) is 2.89. The van der Waals surface area contributed by atoms with Gasteiger partial charge in [0, 0.05) is 25.3 Å². The average Bonchev–Trinajstić information content (AvgIpc) is 2.38. The van der Waals surface area contributed by atoms with E-state index in [1.165, 1.54) is 12.1 Å². The zero-order valence-corrected chi connectivity index (χ0v) is 9.60. The highest BCUT2D eigenvalue weighted by atomic mass is 19.1. The van der Waals surface area contributed by atoms with Gasteiger partial charge >= 0.3 is 0 Å². The van der Waals surface area contributed by atoms with Crippen LogP contribution in [0.2, 0.25) is 0 Å². The molecule has 17 heavy (non-hydrogen) atoms. The van der Waals surface area contributed by atoms with Gasteiger partial charge in [0.2, 0.25) is 0 Å². The second-order valence-electron chi connectivity index (χ2n) is 4.14. The molecule has 1 unspecified atom stereocenters. The number of benzene rings is 1. The lowest BCUT2D eigenvalue weighted by Crippen LogP contribution is -2.44. The molecule has 3 N–H and O–H groups in total. The lowest BCUT2D eigenvalue weighted by Gasteiger charge is -2.34. The van der Waals surface area contributed by atoms with E-state index in [0.717, 1.165) is 11.3 Å². The highest BCUT2D eigenvalue weighted by molar-refractivity contribution is 5.49. The molecular weight excluding hydrogens is 223 g/mol. The Balaban J connectivity index is 2.18. The van der Waals surface area contributed by atoms with Gasteiger partial charge in [-0.2, -0.15) is 0 Å². The van der Waals surface area contributed by atoms with Gasteiger partial charge in [0.05, 0.1) is 19.3 Å². The van der Waals surface area contributed by atoms with Gasteiger partial charge in [-0.15, -0.1) is 0 Å². The van der Waals surface area contributed by atoms with Crippen LogP contribution < -0.4 is 10.6 Å². The van der Waals surface area contributed by atoms with E-state index >= 15 is 0 Å². The van der Waals surface area contributed by atoms with Gasteiger partial charge in [0.15, 0.2) is 0 Å². The molecule has 1 saturated heterocycles. The lowest BCUT2D eigenvalue weighted by molar-refractivity contribution is 0.00355. The third-order valence-corrected chi connectivity index (χ3v) is 2.89. The van der Waals surface area contributed by atoms with Crippen LogP contribution in [0.4, 0.5) is 10.1 Å². The summed E-state index contributed by atoms with van der Waals surface area (Å²) in [6.45, 7) is 2.11. The van der Waals surface area contributed by atoms with Crippen LogP contribution in [0.5, 0.6) is 0 Å². The Hall–Kier alpha value is -1.17. The van der Waals surface area contributed by atoms with E-state index < -0.39 is 0 Å². The van der Waals surface area contributed by atoms with Crippen molar-refractivity contribution in [1.82, 2.24) is 0 Å². The van der Waals surface area contributed by atoms with E-state index in [9.17, 15) is 4.39 Å². The summed E-state index contributed by atoms with van der Waals surface area (Å²) in [5, 5.41) is 9.07. The second-order valence-corrected chi connectivity index (χ2v) is 4.14. The van der Waals surface area contributed by atoms with Crippen molar-refractivity contribution >= 4 is 5.69 Å². The number of hydrogen-bond acceptors (Lipinski definition) is 4. The lowest BCUT2D eigenvalue weighted by atomic mass is 10.1. The van der Waals surface area contributed by atoms with Gasteiger partial charge < -0.3 is 20.5 Å². The molecule has 1 atom stereocenters. The summed E-state index contributed by atoms with van der Waals surface area (Å²) in [6, 6.07) is 4.80. The maximum atomic E-state index is 13.4. The van der Waals surface area contributed by atoms with Gasteiger partial charge in [-0.25, -0.2) is 4.39 Å². The molecule has 0 spiro atoms. The quantitative estimate of drug-likeness (QED) is 0.807. The van der Waals surface area contributed by atoms with E-state index in [-0.39, 0.29) is 18.5 Å². The van der Waals surface area contributed by atoms with Crippen LogP contribution in [0.25, 0.3) is 0 Å². The largest absolute Gasteiger partial charge is 0.394 e. The molecule has 4 nitrogen and oxygen atoms in total. The molecule has 0 bridgehead atoms. The number of aliphatic hydroxyl groups is 1. The Kier molecular flexibility index (Phi) is 3.93. The Morgan fingerprint density at radius 2 is 2.29 bits per heavy atom. The normalized spacial score (nSPS) is 20.6. The van der Waals surface area contributed by atoms with E-state index in [2.05, 4.69) is 0 Å². The monoisotopic (exact) mass is 240 g/mol. The summed E-state index contributed by atoms with van der Waals surface area (Å²) in [7, 11) is 0. The highest BCUT2D eigenvalue weighted by Crippen LogP contribution is 2.21. The van der Waals surface area contributed by atoms with Crippen molar-refractivity contribution < 1.29 is 14.2 Å². The number of hydrogen-bond donors (Lipinski definition) is 2. The number of ether oxygens (including phenoxy) is 1. The van der Waals surface area contributed by atoms with E-state index in [1.807, 2.05) is 11.0 Å². The van der Waals surface area contributed by atoms with Crippen LogP contribution in [0.1, 0.15) is 5.56 Å². The van der Waals surface area contributed by atoms with E-state index in [0.29, 0.717) is 26.2 Å². The van der Waals surface area contributed by atoms with Crippen LogP contribution >= 0.6 is 0 Å². The summed E-state index contributed by atoms with van der Waals surface area (Å²) < 4.78 is 18.7. The Morgan fingerprint density at radius 3 is 3.00 bits per heavy atom. The van der Waals surface area contributed by atoms with E-state index in [4.69, 9.17) is 15.6 Å². The van der Waals surface area contributed by atoms with Crippen LogP contribution in [-0.2, 0) is 11.3 Å². The third kappa shape index (κ3) is 2.94. The van der Waals surface area contributed by atoms with Gasteiger partial charge in [-0.05, 0) is 23.8 Å². The summed E-state index contributed by atoms with van der Waals surface area (Å²) >= 11 is 0. The number of nitrogens with zero attached hydrogens (tertiary/aromatic N) is 1. The molecule has 0 amide bonds. The fraction of sp³-hybridized carbons (Fsp3) is 0.500. The van der Waals surface area contributed by atoms with Gasteiger partial charge in [-0.1, -0.05) is 0 Å². The van der Waals surface area contributed by atoms with Crippen molar-refractivity contribution in [2.75, 3.05) is 31.2 Å². The van der Waals surface area contributed by atoms with Gasteiger partial charge in [0.1, 0.15) is 5.82 Å². The van der Waals surface area contributed by atoms with Crippen LogP contribution in [0.3, 0.4) is 0 Å². The predicted molar refractivity (Wildman–Crippen MR) is 63.3 cm³/mol. The number of rotatable bonds is 3. The standard InChI is InChI=1S/C12H17FN2O2/c13-10-3-9(6-14)4-11(5-10)15-1-2-17-12(7-15)8-16/h3-5,12,16H,1-2,6-8,14H2. The minimum Gasteiger partial charge on any atom is -0.394 e. The molecule has 94 valence electrons. The molecule has 1 aliphatic rings. The fourth-order valence-corrected chi connectivity index (χ4v) is 2.00. The molecule has 1 fully saturated rings. The average molecular weight is 240 g/mol. The number of halogens is 1. The Morgan fingerprint density at radius 1 is 1.47 bits per heavy atom. The SMILES string of the molecule is NCc1cc(F)cc(N2CCOC(CO)C2)c1. The van der Waals surface area contributed by atoms with Crippen LogP contribution in [-0.4, -0.2) is 37.5 Å². The smallest absolute Gasteiger partial charge is 0.125 e. The molecule has 1 heterocycles. The molecule has 1 aromatic rings. The first-order valence-electron chi connectivity index (χ1n) is 5.70. The molecule has 2 rings (SSSR count). The first-order chi connectivity index (χ1) is 8.22. The van der Waals surface area contributed by atoms with Crippen molar-refractivity contribution in [2.45, 2.75) is 12.6 Å². The zero-order valence-electron chi connectivity index (χ0n) is 9.60. The molecule has 1 aliphatic heterocycles. The summed E-state index contributed by atoms with van der Waals surface area (Å²) in [5.74, 6) is -0.282.